The number of nitrogens with zero attached hydrogens (tertiary/aromatic N) is 6. The van der Waals surface area contributed by atoms with Gasteiger partial charge in [0.05, 0.1) is 30.7 Å². The van der Waals surface area contributed by atoms with E-state index in [0.717, 1.165) is 34.2 Å². The molecule has 0 spiro atoms. The largest absolute Gasteiger partial charge is 0.494 e. The molecule has 47 heavy (non-hydrogen) atoms. The first-order valence-corrected chi connectivity index (χ1v) is 15.9. The van der Waals surface area contributed by atoms with E-state index < -0.39 is 0 Å². The molecule has 13 heteroatoms. The number of aromatic nitrogens is 5. The quantitative estimate of drug-likeness (QED) is 0.215. The molecule has 1 aliphatic rings. The van der Waals surface area contributed by atoms with E-state index in [-0.39, 0.29) is 29.8 Å². The maximum atomic E-state index is 13.8. The van der Waals surface area contributed by atoms with Crippen LogP contribution in [0.2, 0.25) is 0 Å². The number of hydrogen-bond acceptors (Lipinski definition) is 9. The van der Waals surface area contributed by atoms with Gasteiger partial charge in [-0.1, -0.05) is 12.1 Å². The van der Waals surface area contributed by atoms with Crippen molar-refractivity contribution in [3.63, 3.8) is 0 Å². The number of imidazole rings is 1. The van der Waals surface area contributed by atoms with Crippen molar-refractivity contribution in [2.45, 2.75) is 26.3 Å². The highest BCUT2D eigenvalue weighted by molar-refractivity contribution is 7.22. The monoisotopic (exact) mass is 648 g/mol. The fraction of sp³-hybridized carbons (Fsp3) is 0.235. The highest BCUT2D eigenvalue weighted by Gasteiger charge is 2.30. The van der Waals surface area contributed by atoms with Crippen LogP contribution >= 0.6 is 11.3 Å². The summed E-state index contributed by atoms with van der Waals surface area (Å²) < 4.78 is 9.82. The van der Waals surface area contributed by atoms with Crippen molar-refractivity contribution in [1.29, 1.82) is 0 Å². The molecule has 0 bridgehead atoms. The smallest absolute Gasteiger partial charge is 0.271 e. The van der Waals surface area contributed by atoms with Gasteiger partial charge in [0.15, 0.2) is 17.2 Å². The Balaban J connectivity index is 1.23. The number of hydrogen-bond donors (Lipinski definition) is 2. The number of benzene rings is 1. The van der Waals surface area contributed by atoms with Crippen LogP contribution in [0.3, 0.4) is 0 Å². The summed E-state index contributed by atoms with van der Waals surface area (Å²) in [6.45, 7) is 2.23. The number of para-hydroxylation sites is 1. The van der Waals surface area contributed by atoms with Gasteiger partial charge in [-0.25, -0.2) is 14.5 Å². The number of pyridine rings is 2. The fourth-order valence-electron chi connectivity index (χ4n) is 5.54. The Morgan fingerprint density at radius 3 is 2.66 bits per heavy atom. The third kappa shape index (κ3) is 5.69. The van der Waals surface area contributed by atoms with Crippen LogP contribution in [-0.4, -0.2) is 62.1 Å². The zero-order valence-electron chi connectivity index (χ0n) is 26.3. The van der Waals surface area contributed by atoms with Gasteiger partial charge < -0.3 is 24.8 Å². The number of aryl methyl sites for hydroxylation is 1. The summed E-state index contributed by atoms with van der Waals surface area (Å²) in [4.78, 5) is 50.0. The van der Waals surface area contributed by atoms with E-state index in [4.69, 9.17) is 4.74 Å². The van der Waals surface area contributed by atoms with Gasteiger partial charge in [-0.15, -0.1) is 16.4 Å². The molecule has 1 fully saturated rings. The Morgan fingerprint density at radius 2 is 1.89 bits per heavy atom. The van der Waals surface area contributed by atoms with E-state index in [1.54, 1.807) is 67.1 Å². The number of ether oxygens (including phenoxy) is 1. The Bertz CT molecular complexity index is 2250. The molecule has 2 N–H and O–H groups in total. The molecule has 1 saturated carbocycles. The molecular weight excluding hydrogens is 616 g/mol. The summed E-state index contributed by atoms with van der Waals surface area (Å²) in [5.41, 5.74) is 4.52. The summed E-state index contributed by atoms with van der Waals surface area (Å²) in [6.07, 6.45) is 6.93. The van der Waals surface area contributed by atoms with Crippen molar-refractivity contribution >= 4 is 56.1 Å². The number of anilines is 3. The number of carbonyl (C=O) groups is 2. The molecule has 0 radical (unpaired) electrons. The minimum atomic E-state index is -0.197. The second-order valence-electron chi connectivity index (χ2n) is 11.7. The van der Waals surface area contributed by atoms with Gasteiger partial charge in [-0.3, -0.25) is 14.4 Å². The predicted molar refractivity (Wildman–Crippen MR) is 182 cm³/mol. The van der Waals surface area contributed by atoms with Crippen molar-refractivity contribution in [1.82, 2.24) is 29.0 Å². The Hall–Kier alpha value is -5.56. The van der Waals surface area contributed by atoms with E-state index in [9.17, 15) is 14.4 Å². The van der Waals surface area contributed by atoms with Crippen molar-refractivity contribution < 1.29 is 14.3 Å². The van der Waals surface area contributed by atoms with E-state index in [2.05, 4.69) is 25.7 Å². The van der Waals surface area contributed by atoms with Crippen LogP contribution in [-0.2, 0) is 11.3 Å². The lowest BCUT2D eigenvalue weighted by Gasteiger charge is -2.16. The molecule has 2 amide bonds. The summed E-state index contributed by atoms with van der Waals surface area (Å²) in [7, 11) is 4.97. The van der Waals surface area contributed by atoms with Gasteiger partial charge in [-0.2, -0.15) is 0 Å². The van der Waals surface area contributed by atoms with Crippen molar-refractivity contribution in [3.8, 4) is 16.2 Å². The number of fused-ring (bicyclic) bond motifs is 2. The molecule has 5 aromatic heterocycles. The minimum Gasteiger partial charge on any atom is -0.494 e. The van der Waals surface area contributed by atoms with Crippen LogP contribution in [0.4, 0.5) is 17.2 Å². The first-order valence-electron chi connectivity index (χ1n) is 15.1. The van der Waals surface area contributed by atoms with E-state index in [1.165, 1.54) is 16.2 Å². The summed E-state index contributed by atoms with van der Waals surface area (Å²) in [5.74, 6) is 0.828. The van der Waals surface area contributed by atoms with E-state index in [1.807, 2.05) is 37.3 Å². The lowest BCUT2D eigenvalue weighted by molar-refractivity contribution is -0.117. The molecule has 1 aliphatic carbocycles. The van der Waals surface area contributed by atoms with Crippen LogP contribution in [0.5, 0.6) is 5.75 Å². The molecule has 1 aromatic carbocycles. The molecule has 5 heterocycles. The molecular formula is C34H32N8O4S. The highest BCUT2D eigenvalue weighted by Crippen LogP contribution is 2.44. The highest BCUT2D eigenvalue weighted by atomic mass is 32.1. The van der Waals surface area contributed by atoms with Gasteiger partial charge in [-0.05, 0) is 55.7 Å². The third-order valence-corrected chi connectivity index (χ3v) is 9.45. The predicted octanol–water partition coefficient (Wildman–Crippen LogP) is 5.33. The molecule has 6 aromatic rings. The molecule has 0 atom stereocenters. The number of carbonyl (C=O) groups excluding carboxylic acids is 2. The number of thiophene rings is 1. The van der Waals surface area contributed by atoms with Crippen LogP contribution < -0.4 is 20.9 Å². The van der Waals surface area contributed by atoms with E-state index in [0.29, 0.717) is 44.7 Å². The van der Waals surface area contributed by atoms with Crippen molar-refractivity contribution in [3.05, 3.63) is 94.4 Å². The minimum absolute atomic E-state index is 0.0361. The molecule has 238 valence electrons. The molecule has 7 rings (SSSR count). The van der Waals surface area contributed by atoms with Crippen LogP contribution in [0.15, 0.2) is 71.9 Å². The van der Waals surface area contributed by atoms with Gasteiger partial charge in [0.2, 0.25) is 5.91 Å². The average molecular weight is 649 g/mol. The van der Waals surface area contributed by atoms with Crippen molar-refractivity contribution in [2.24, 2.45) is 5.92 Å². The molecule has 0 saturated heterocycles. The first kappa shape index (κ1) is 30.1. The fourth-order valence-corrected chi connectivity index (χ4v) is 6.82. The summed E-state index contributed by atoms with van der Waals surface area (Å²) in [6, 6.07) is 14.8. The molecule has 12 nitrogen and oxygen atoms in total. The standard InChI is InChI=1S/C34H32N8O4S/c1-19-22-13-15-41(18-21-7-5-10-25(36-21)33(44)40(2)3)34(45)30(22)47-29(19)23-8-6-9-24(28(23)46-4)37-26-17-27(38-32(43)20-11-12-20)39-42-16-14-35-31(26)42/h5-10,13-17,20,37H,11-12,18H2,1-4H3,(H,38,39,43). The average Bonchev–Trinajstić information content (AvgIpc) is 3.72. The Morgan fingerprint density at radius 1 is 1.09 bits per heavy atom. The van der Waals surface area contributed by atoms with Gasteiger partial charge in [0.25, 0.3) is 11.5 Å². The maximum absolute atomic E-state index is 13.8. The summed E-state index contributed by atoms with van der Waals surface area (Å²) >= 11 is 1.41. The Labute approximate surface area is 273 Å². The molecule has 0 aliphatic heterocycles. The molecule has 0 unspecified atom stereocenters. The topological polar surface area (TPSA) is 136 Å². The zero-order valence-corrected chi connectivity index (χ0v) is 27.1. The van der Waals surface area contributed by atoms with Crippen LogP contribution in [0, 0.1) is 12.8 Å². The van der Waals surface area contributed by atoms with Gasteiger partial charge in [0.1, 0.15) is 10.4 Å². The number of nitrogens with one attached hydrogen (secondary N) is 2. The van der Waals surface area contributed by atoms with Crippen LogP contribution in [0.25, 0.3) is 26.2 Å². The SMILES string of the molecule is COc1c(Nc2cc(NC(=O)C3CC3)nn3ccnc23)cccc1-c1sc2c(=O)n(Cc3cccc(C(=O)N(C)C)n3)ccc2c1C. The van der Waals surface area contributed by atoms with Gasteiger partial charge >= 0.3 is 0 Å². The third-order valence-electron chi connectivity index (χ3n) is 8.13. The number of rotatable bonds is 9. The number of methoxy groups -OCH3 is 1. The summed E-state index contributed by atoms with van der Waals surface area (Å²) in [5, 5.41) is 11.7. The second kappa shape index (κ2) is 12.0. The second-order valence-corrected chi connectivity index (χ2v) is 12.7. The van der Waals surface area contributed by atoms with Crippen molar-refractivity contribution in [2.75, 3.05) is 31.8 Å². The number of amides is 2. The van der Waals surface area contributed by atoms with Gasteiger partial charge in [0, 0.05) is 60.5 Å². The lowest BCUT2D eigenvalue weighted by atomic mass is 10.1. The van der Waals surface area contributed by atoms with Crippen LogP contribution in [0.1, 0.15) is 34.6 Å². The maximum Gasteiger partial charge on any atom is 0.271 e. The Kier molecular flexibility index (Phi) is 7.68. The zero-order chi connectivity index (χ0) is 32.8. The lowest BCUT2D eigenvalue weighted by Crippen LogP contribution is -2.24. The normalized spacial score (nSPS) is 12.8. The first-order chi connectivity index (χ1) is 22.7. The van der Waals surface area contributed by atoms with E-state index >= 15 is 0 Å².